The number of carbonyl (C=O) groups is 1. The van der Waals surface area contributed by atoms with Gasteiger partial charge in [0.2, 0.25) is 15.2 Å². The first kappa shape index (κ1) is 15.5. The van der Waals surface area contributed by atoms with E-state index in [1.54, 1.807) is 19.9 Å². The summed E-state index contributed by atoms with van der Waals surface area (Å²) < 4.78 is 26.3. The van der Waals surface area contributed by atoms with Crippen molar-refractivity contribution in [3.8, 4) is 0 Å². The summed E-state index contributed by atoms with van der Waals surface area (Å²) in [4.78, 5) is 12.2. The Hall–Kier alpha value is -1.84. The maximum Gasteiger partial charge on any atom is 0.257 e. The average Bonchev–Trinajstić information content (AvgIpc) is 2.91. The van der Waals surface area contributed by atoms with Gasteiger partial charge >= 0.3 is 0 Å². The Bertz CT molecular complexity index is 742. The van der Waals surface area contributed by atoms with E-state index < -0.39 is 15.9 Å². The molecule has 0 saturated carbocycles. The molecule has 0 fully saturated rings. The van der Waals surface area contributed by atoms with Crippen LogP contribution in [0.4, 0.5) is 5.13 Å². The van der Waals surface area contributed by atoms with Gasteiger partial charge in [-0.15, -0.1) is 10.2 Å². The molecule has 0 unspecified atom stereocenters. The van der Waals surface area contributed by atoms with Crippen LogP contribution >= 0.6 is 11.3 Å². The number of amides is 1. The summed E-state index contributed by atoms with van der Waals surface area (Å²) >= 11 is 1.18. The van der Waals surface area contributed by atoms with Crippen LogP contribution in [-0.2, 0) is 10.0 Å². The number of carbonyl (C=O) groups excluding carboxylic acids is 1. The van der Waals surface area contributed by atoms with E-state index in [0.717, 1.165) is 0 Å². The highest BCUT2D eigenvalue weighted by Gasteiger charge is 2.17. The summed E-state index contributed by atoms with van der Waals surface area (Å²) in [5.74, 6) is -0.419. The Morgan fingerprint density at radius 1 is 1.38 bits per heavy atom. The lowest BCUT2D eigenvalue weighted by atomic mass is 10.1. The van der Waals surface area contributed by atoms with Crippen LogP contribution in [0.25, 0.3) is 0 Å². The van der Waals surface area contributed by atoms with Gasteiger partial charge in [0.1, 0.15) is 5.51 Å². The zero-order chi connectivity index (χ0) is 15.5. The van der Waals surface area contributed by atoms with Crippen molar-refractivity contribution in [2.24, 2.45) is 0 Å². The third kappa shape index (κ3) is 3.63. The van der Waals surface area contributed by atoms with Crippen molar-refractivity contribution in [1.82, 2.24) is 14.9 Å². The van der Waals surface area contributed by atoms with Crippen LogP contribution in [0.3, 0.4) is 0 Å². The second kappa shape index (κ2) is 6.29. The fraction of sp³-hybridized carbons (Fsp3) is 0.250. The zero-order valence-corrected chi connectivity index (χ0v) is 13.1. The molecule has 7 nitrogen and oxygen atoms in total. The molecule has 0 atom stereocenters. The highest BCUT2D eigenvalue weighted by molar-refractivity contribution is 7.89. The lowest BCUT2D eigenvalue weighted by Crippen LogP contribution is -2.24. The fourth-order valence-electron chi connectivity index (χ4n) is 1.68. The Kier molecular flexibility index (Phi) is 4.66. The first-order valence-electron chi connectivity index (χ1n) is 6.12. The van der Waals surface area contributed by atoms with Crippen molar-refractivity contribution in [3.63, 3.8) is 0 Å². The Balaban J connectivity index is 2.33. The number of nitrogens with one attached hydrogen (secondary N) is 2. The van der Waals surface area contributed by atoms with E-state index in [4.69, 9.17) is 0 Å². The van der Waals surface area contributed by atoms with Crippen LogP contribution in [0.5, 0.6) is 0 Å². The molecular formula is C12H14N4O3S2. The third-order valence-corrected chi connectivity index (χ3v) is 4.83. The number of hydrogen-bond acceptors (Lipinski definition) is 6. The van der Waals surface area contributed by atoms with Gasteiger partial charge in [-0.1, -0.05) is 24.3 Å². The van der Waals surface area contributed by atoms with Crippen molar-refractivity contribution in [2.75, 3.05) is 11.9 Å². The maximum absolute atomic E-state index is 12.2. The minimum atomic E-state index is -3.60. The number of rotatable bonds is 5. The van der Waals surface area contributed by atoms with E-state index in [0.29, 0.717) is 10.7 Å². The van der Waals surface area contributed by atoms with Gasteiger partial charge in [0.05, 0.1) is 4.90 Å². The summed E-state index contributed by atoms with van der Waals surface area (Å²) in [6.07, 6.45) is 0. The van der Waals surface area contributed by atoms with Crippen LogP contribution in [0, 0.1) is 6.92 Å². The van der Waals surface area contributed by atoms with Crippen molar-refractivity contribution in [2.45, 2.75) is 18.7 Å². The fourth-order valence-corrected chi connectivity index (χ4v) is 3.19. The van der Waals surface area contributed by atoms with Crippen molar-refractivity contribution in [1.29, 1.82) is 0 Å². The standard InChI is InChI=1S/C12H14N4O3S2/c1-3-14-21(18,19)9-5-4-8(2)10(6-9)11(17)15-12-16-13-7-20-12/h4-7,14H,3H2,1-2H3,(H,15,16,17). The first-order chi connectivity index (χ1) is 9.94. The first-order valence-corrected chi connectivity index (χ1v) is 8.48. The highest BCUT2D eigenvalue weighted by atomic mass is 32.2. The minimum absolute atomic E-state index is 0.0531. The lowest BCUT2D eigenvalue weighted by Gasteiger charge is -2.09. The molecule has 2 aromatic rings. The molecule has 2 N–H and O–H groups in total. The number of nitrogens with zero attached hydrogens (tertiary/aromatic N) is 2. The minimum Gasteiger partial charge on any atom is -0.296 e. The van der Waals surface area contributed by atoms with Crippen LogP contribution in [-0.4, -0.2) is 31.1 Å². The molecule has 0 aliphatic carbocycles. The second-order valence-corrected chi connectivity index (χ2v) is 6.78. The molecular weight excluding hydrogens is 312 g/mol. The zero-order valence-electron chi connectivity index (χ0n) is 11.5. The normalized spacial score (nSPS) is 11.3. The molecule has 1 heterocycles. The number of aromatic nitrogens is 2. The molecule has 1 aromatic heterocycles. The highest BCUT2D eigenvalue weighted by Crippen LogP contribution is 2.18. The molecule has 0 saturated heterocycles. The number of hydrogen-bond donors (Lipinski definition) is 2. The molecule has 9 heteroatoms. The Labute approximate surface area is 126 Å². The predicted octanol–water partition coefficient (Wildman–Crippen LogP) is 1.40. The largest absolute Gasteiger partial charge is 0.296 e. The molecule has 0 bridgehead atoms. The molecule has 1 aromatic carbocycles. The van der Waals surface area contributed by atoms with E-state index in [9.17, 15) is 13.2 Å². The molecule has 0 aliphatic heterocycles. The third-order valence-electron chi connectivity index (χ3n) is 2.68. The number of sulfonamides is 1. The van der Waals surface area contributed by atoms with E-state index in [2.05, 4.69) is 20.2 Å². The molecule has 112 valence electrons. The van der Waals surface area contributed by atoms with Gasteiger partial charge in [0.15, 0.2) is 0 Å². The lowest BCUT2D eigenvalue weighted by molar-refractivity contribution is 0.102. The van der Waals surface area contributed by atoms with Crippen LogP contribution in [0.15, 0.2) is 28.6 Å². The van der Waals surface area contributed by atoms with Crippen LogP contribution in [0.1, 0.15) is 22.8 Å². The quantitative estimate of drug-likeness (QED) is 0.865. The summed E-state index contributed by atoms with van der Waals surface area (Å²) in [6, 6.07) is 4.41. The molecule has 0 spiro atoms. The molecule has 0 radical (unpaired) electrons. The van der Waals surface area contributed by atoms with Gasteiger partial charge in [0.25, 0.3) is 5.91 Å². The smallest absolute Gasteiger partial charge is 0.257 e. The Morgan fingerprint density at radius 2 is 2.14 bits per heavy atom. The van der Waals surface area contributed by atoms with E-state index >= 15 is 0 Å². The van der Waals surface area contributed by atoms with Gasteiger partial charge in [-0.2, -0.15) is 0 Å². The summed E-state index contributed by atoms with van der Waals surface area (Å²) in [6.45, 7) is 3.70. The number of anilines is 1. The SMILES string of the molecule is CCNS(=O)(=O)c1ccc(C)c(C(=O)Nc2nncs2)c1. The Morgan fingerprint density at radius 3 is 2.76 bits per heavy atom. The van der Waals surface area contributed by atoms with Gasteiger partial charge in [-0.25, -0.2) is 13.1 Å². The van der Waals surface area contributed by atoms with Crippen LogP contribution < -0.4 is 10.0 Å². The van der Waals surface area contributed by atoms with Crippen molar-refractivity contribution in [3.05, 3.63) is 34.8 Å². The summed E-state index contributed by atoms with van der Waals surface area (Å²) in [5.41, 5.74) is 2.45. The summed E-state index contributed by atoms with van der Waals surface area (Å²) in [5, 5.41) is 10.3. The van der Waals surface area contributed by atoms with Crippen LogP contribution in [0.2, 0.25) is 0 Å². The van der Waals surface area contributed by atoms with Gasteiger partial charge in [-0.3, -0.25) is 10.1 Å². The average molecular weight is 326 g/mol. The molecule has 2 rings (SSSR count). The number of benzene rings is 1. The maximum atomic E-state index is 12.2. The topological polar surface area (TPSA) is 101 Å². The van der Waals surface area contributed by atoms with Gasteiger partial charge in [0, 0.05) is 12.1 Å². The monoisotopic (exact) mass is 326 g/mol. The van der Waals surface area contributed by atoms with E-state index in [-0.39, 0.29) is 17.0 Å². The van der Waals surface area contributed by atoms with Crippen molar-refractivity contribution >= 4 is 32.4 Å². The van der Waals surface area contributed by atoms with Gasteiger partial charge < -0.3 is 0 Å². The predicted molar refractivity (Wildman–Crippen MR) is 79.9 cm³/mol. The second-order valence-electron chi connectivity index (χ2n) is 4.18. The molecule has 21 heavy (non-hydrogen) atoms. The van der Waals surface area contributed by atoms with Gasteiger partial charge in [-0.05, 0) is 24.6 Å². The van der Waals surface area contributed by atoms with E-state index in [1.165, 1.54) is 29.0 Å². The molecule has 1 amide bonds. The van der Waals surface area contributed by atoms with E-state index in [1.807, 2.05) is 0 Å². The number of aryl methyl sites for hydroxylation is 1. The van der Waals surface area contributed by atoms with Crippen molar-refractivity contribution < 1.29 is 13.2 Å². The summed E-state index contributed by atoms with van der Waals surface area (Å²) in [7, 11) is -3.60. The molecule has 0 aliphatic rings.